The summed E-state index contributed by atoms with van der Waals surface area (Å²) < 4.78 is 34.5. The van der Waals surface area contributed by atoms with Crippen molar-refractivity contribution in [1.82, 2.24) is 5.32 Å². The second-order valence-electron chi connectivity index (χ2n) is 30.6. The van der Waals surface area contributed by atoms with E-state index in [1.165, 1.54) is 244 Å². The van der Waals surface area contributed by atoms with Crippen LogP contribution in [0.5, 0.6) is 0 Å². The van der Waals surface area contributed by atoms with Crippen molar-refractivity contribution in [2.45, 2.75) is 446 Å². The Labute approximate surface area is 642 Å². The lowest BCUT2D eigenvalue weighted by Crippen LogP contribution is -2.66. The largest absolute Gasteiger partial charge is 0.394 e. The molecule has 0 radical (unpaired) electrons. The number of unbranched alkanes of at least 4 members (excludes halogenated alkanes) is 43. The Morgan fingerprint density at radius 2 is 0.660 bits per heavy atom. The van der Waals surface area contributed by atoms with Crippen molar-refractivity contribution in [2.24, 2.45) is 0 Å². The predicted molar refractivity (Wildman–Crippen MR) is 425 cm³/mol. The summed E-state index contributed by atoms with van der Waals surface area (Å²) in [7, 11) is 0. The van der Waals surface area contributed by atoms with E-state index in [0.29, 0.717) is 12.8 Å². The number of hydrogen-bond donors (Lipinski definition) is 12. The van der Waals surface area contributed by atoms with E-state index in [9.17, 15) is 61.0 Å². The van der Waals surface area contributed by atoms with Crippen molar-refractivity contribution in [3.05, 3.63) is 72.9 Å². The Bertz CT molecular complexity index is 2190. The van der Waals surface area contributed by atoms with E-state index in [1.807, 2.05) is 6.08 Å². The number of carbonyl (C=O) groups is 1. The van der Waals surface area contributed by atoms with Crippen LogP contribution in [0.4, 0.5) is 0 Å². The van der Waals surface area contributed by atoms with Crippen molar-refractivity contribution in [2.75, 3.05) is 26.4 Å². The first-order valence-electron chi connectivity index (χ1n) is 43.2. The van der Waals surface area contributed by atoms with Crippen LogP contribution in [0.2, 0.25) is 0 Å². The van der Waals surface area contributed by atoms with Crippen LogP contribution in [0.15, 0.2) is 72.9 Å². The third-order valence-corrected chi connectivity index (χ3v) is 21.2. The average molecular weight is 1510 g/mol. The minimum absolute atomic E-state index is 0.237. The molecule has 0 spiro atoms. The molecule has 3 rings (SSSR count). The molecule has 3 heterocycles. The highest BCUT2D eigenvalue weighted by Gasteiger charge is 2.54. The number of nitrogens with one attached hydrogen (secondary N) is 1. The van der Waals surface area contributed by atoms with E-state index in [4.69, 9.17) is 28.4 Å². The van der Waals surface area contributed by atoms with Crippen LogP contribution < -0.4 is 5.32 Å². The SMILES string of the molecule is CC/C=C\C/C=C\C/C=C\C/C=C\CCCCCCCCCCCCCCCCCCCCCCCCCCC(=O)NC(COC1OC(CO)C(OC2OC(CO)C(OC3OC(CO)C(O)C(O)C3O)C(O)C2O)C(O)C1O)C(O)/C=C/CC/C=C/CCCCCCCCCCCCCCCCCCCC. The maximum Gasteiger partial charge on any atom is 0.220 e. The molecule has 0 bridgehead atoms. The minimum Gasteiger partial charge on any atom is -0.394 e. The Kier molecular flexibility index (Phi) is 61.4. The van der Waals surface area contributed by atoms with Crippen LogP contribution in [0.1, 0.15) is 341 Å². The molecule has 106 heavy (non-hydrogen) atoms. The van der Waals surface area contributed by atoms with Crippen molar-refractivity contribution >= 4 is 5.91 Å². The number of amides is 1. The first-order valence-corrected chi connectivity index (χ1v) is 43.2. The molecule has 0 aliphatic carbocycles. The van der Waals surface area contributed by atoms with Gasteiger partial charge < -0.3 is 89.9 Å². The molecule has 19 heteroatoms. The van der Waals surface area contributed by atoms with Gasteiger partial charge in [0.25, 0.3) is 0 Å². The van der Waals surface area contributed by atoms with Crippen LogP contribution in [0, 0.1) is 0 Å². The van der Waals surface area contributed by atoms with Gasteiger partial charge in [0.05, 0.1) is 38.6 Å². The molecule has 19 nitrogen and oxygen atoms in total. The fraction of sp³-hybridized carbons (Fsp3) is 0.851. The first-order chi connectivity index (χ1) is 51.8. The maximum absolute atomic E-state index is 13.5. The molecule has 0 aromatic carbocycles. The van der Waals surface area contributed by atoms with Gasteiger partial charge in [-0.05, 0) is 70.6 Å². The normalized spacial score (nSPS) is 26.0. The van der Waals surface area contributed by atoms with Gasteiger partial charge >= 0.3 is 0 Å². The van der Waals surface area contributed by atoms with Gasteiger partial charge in [0.2, 0.25) is 5.91 Å². The number of carbonyl (C=O) groups excluding carboxylic acids is 1. The van der Waals surface area contributed by atoms with Crippen molar-refractivity contribution < 1.29 is 89.4 Å². The summed E-state index contributed by atoms with van der Waals surface area (Å²) in [6, 6.07) is -0.992. The maximum atomic E-state index is 13.5. The summed E-state index contributed by atoms with van der Waals surface area (Å²) in [5.41, 5.74) is 0. The van der Waals surface area contributed by atoms with E-state index in [1.54, 1.807) is 6.08 Å². The molecule has 12 N–H and O–H groups in total. The van der Waals surface area contributed by atoms with Gasteiger partial charge in [0.15, 0.2) is 18.9 Å². The lowest BCUT2D eigenvalue weighted by Gasteiger charge is -2.48. The van der Waals surface area contributed by atoms with E-state index in [-0.39, 0.29) is 18.9 Å². The van der Waals surface area contributed by atoms with E-state index in [0.717, 1.165) is 64.2 Å². The number of aliphatic hydroxyl groups excluding tert-OH is 11. The molecule has 3 fully saturated rings. The number of aliphatic hydroxyl groups is 11. The summed E-state index contributed by atoms with van der Waals surface area (Å²) >= 11 is 0. The van der Waals surface area contributed by atoms with Crippen LogP contribution in [0.25, 0.3) is 0 Å². The van der Waals surface area contributed by atoms with Gasteiger partial charge in [-0.15, -0.1) is 0 Å². The lowest BCUT2D eigenvalue weighted by atomic mass is 9.96. The van der Waals surface area contributed by atoms with Crippen LogP contribution in [0.3, 0.4) is 0 Å². The van der Waals surface area contributed by atoms with Crippen LogP contribution >= 0.6 is 0 Å². The van der Waals surface area contributed by atoms with Crippen LogP contribution in [-0.2, 0) is 33.2 Å². The van der Waals surface area contributed by atoms with Crippen molar-refractivity contribution in [3.63, 3.8) is 0 Å². The summed E-state index contributed by atoms with van der Waals surface area (Å²) in [4.78, 5) is 13.5. The van der Waals surface area contributed by atoms with Crippen molar-refractivity contribution in [1.29, 1.82) is 0 Å². The first kappa shape index (κ1) is 97.4. The summed E-state index contributed by atoms with van der Waals surface area (Å²) in [5.74, 6) is -0.280. The highest BCUT2D eigenvalue weighted by molar-refractivity contribution is 5.76. The third-order valence-electron chi connectivity index (χ3n) is 21.2. The van der Waals surface area contributed by atoms with E-state index in [2.05, 4.69) is 79.9 Å². The molecule has 3 aliphatic heterocycles. The molecule has 17 atom stereocenters. The standard InChI is InChI=1S/C87H157NO18/c1-3-5-7-9-11-13-15-17-19-21-23-25-27-29-30-31-32-33-34-35-36-37-38-39-40-41-43-45-47-49-51-53-55-57-59-61-63-65-75(93)88-70(71(92)64-62-60-58-56-54-52-50-48-46-44-42-28-26-24-22-20-18-16-14-12-10-8-6-4-2)69-101-85-81(99)78(96)83(73(67-90)103-85)106-87-82(100)79(97)84(74(68-91)104-87)105-86-80(98)77(95)76(94)72(66-89)102-86/h5,7,11,13,17,19,23,25,54,56,62,64,70-74,76-87,89-92,94-100H,3-4,6,8-10,12,14-16,18,20-22,24,26-53,55,57-61,63,65-69H2,1-2H3,(H,88,93)/b7-5-,13-11-,19-17-,25-23-,56-54+,64-62+. The fourth-order valence-corrected chi connectivity index (χ4v) is 14.4. The molecule has 0 saturated carbocycles. The highest BCUT2D eigenvalue weighted by atomic mass is 16.8. The van der Waals surface area contributed by atoms with Gasteiger partial charge in [0, 0.05) is 6.42 Å². The molecule has 0 aromatic heterocycles. The monoisotopic (exact) mass is 1500 g/mol. The zero-order valence-corrected chi connectivity index (χ0v) is 66.4. The topological polar surface area (TPSA) is 307 Å². The van der Waals surface area contributed by atoms with E-state index < -0.39 is 124 Å². The lowest BCUT2D eigenvalue weighted by molar-refractivity contribution is -0.379. The molecule has 1 amide bonds. The zero-order valence-electron chi connectivity index (χ0n) is 66.4. The minimum atomic E-state index is -1.98. The number of allylic oxidation sites excluding steroid dienone is 11. The summed E-state index contributed by atoms with van der Waals surface area (Å²) in [5, 5.41) is 121. The third kappa shape index (κ3) is 45.7. The molecule has 3 aliphatic rings. The number of hydrogen-bond acceptors (Lipinski definition) is 18. The predicted octanol–water partition coefficient (Wildman–Crippen LogP) is 15.6. The van der Waals surface area contributed by atoms with Gasteiger partial charge in [-0.1, -0.05) is 337 Å². The smallest absolute Gasteiger partial charge is 0.220 e. The number of rotatable bonds is 69. The second-order valence-corrected chi connectivity index (χ2v) is 30.6. The Morgan fingerprint density at radius 3 is 1.06 bits per heavy atom. The quantitative estimate of drug-likeness (QED) is 0.0199. The molecule has 0 aromatic rings. The zero-order chi connectivity index (χ0) is 76.7. The van der Waals surface area contributed by atoms with Crippen molar-refractivity contribution in [3.8, 4) is 0 Å². The van der Waals surface area contributed by atoms with Crippen LogP contribution in [-0.4, -0.2) is 193 Å². The van der Waals surface area contributed by atoms with E-state index >= 15 is 0 Å². The van der Waals surface area contributed by atoms with Gasteiger partial charge in [0.1, 0.15) is 73.2 Å². The highest BCUT2D eigenvalue weighted by Crippen LogP contribution is 2.33. The Balaban J connectivity index is 1.33. The summed E-state index contributed by atoms with van der Waals surface area (Å²) in [6.45, 7) is 1.65. The molecule has 618 valence electrons. The second kappa shape index (κ2) is 66.8. The summed E-state index contributed by atoms with van der Waals surface area (Å²) in [6.07, 6.45) is 62.0. The average Bonchev–Trinajstić information content (AvgIpc) is 0.780. The van der Waals surface area contributed by atoms with Gasteiger partial charge in [-0.3, -0.25) is 4.79 Å². The fourth-order valence-electron chi connectivity index (χ4n) is 14.4. The molecule has 17 unspecified atom stereocenters. The Hall–Kier alpha value is -2.77. The number of ether oxygens (including phenoxy) is 6. The Morgan fingerprint density at radius 1 is 0.349 bits per heavy atom. The molecular formula is C87H157NO18. The van der Waals surface area contributed by atoms with Gasteiger partial charge in [-0.2, -0.15) is 0 Å². The molecular weight excluding hydrogens is 1350 g/mol. The molecule has 3 saturated heterocycles. The van der Waals surface area contributed by atoms with Gasteiger partial charge in [-0.25, -0.2) is 0 Å².